The van der Waals surface area contributed by atoms with Crippen molar-refractivity contribution >= 4 is 17.2 Å². The fourth-order valence-electron chi connectivity index (χ4n) is 2.35. The molecule has 0 radical (unpaired) electrons. The molecule has 0 saturated heterocycles. The first-order chi connectivity index (χ1) is 10.8. The van der Waals surface area contributed by atoms with Crippen molar-refractivity contribution in [3.05, 3.63) is 81.9 Å². The maximum Gasteiger partial charge on any atom is 0.251 e. The highest BCUT2D eigenvalue weighted by atomic mass is 32.1. The van der Waals surface area contributed by atoms with Crippen molar-refractivity contribution in [2.24, 2.45) is 0 Å². The van der Waals surface area contributed by atoms with Gasteiger partial charge >= 0.3 is 0 Å². The van der Waals surface area contributed by atoms with Crippen LogP contribution in [0.1, 0.15) is 26.6 Å². The van der Waals surface area contributed by atoms with E-state index in [1.54, 1.807) is 17.6 Å². The van der Waals surface area contributed by atoms with E-state index in [4.69, 9.17) is 4.42 Å². The SMILES string of the molecule is O=C(NCCc1ccco1)c1ccccc1Cc1cccs1. The number of carbonyl (C=O) groups excluding carboxylic acids is 1. The predicted molar refractivity (Wildman–Crippen MR) is 88.3 cm³/mol. The monoisotopic (exact) mass is 311 g/mol. The van der Waals surface area contributed by atoms with Gasteiger partial charge in [0, 0.05) is 29.8 Å². The molecule has 0 atom stereocenters. The number of furan rings is 1. The van der Waals surface area contributed by atoms with E-state index >= 15 is 0 Å². The third-order valence-corrected chi connectivity index (χ3v) is 4.32. The smallest absolute Gasteiger partial charge is 0.251 e. The van der Waals surface area contributed by atoms with Crippen LogP contribution in [0.15, 0.2) is 64.6 Å². The molecule has 0 unspecified atom stereocenters. The molecule has 1 N–H and O–H groups in total. The molecular weight excluding hydrogens is 294 g/mol. The first-order valence-corrected chi connectivity index (χ1v) is 8.12. The van der Waals surface area contributed by atoms with Crippen LogP contribution in [0.25, 0.3) is 0 Å². The van der Waals surface area contributed by atoms with E-state index in [9.17, 15) is 4.79 Å². The molecule has 112 valence electrons. The minimum atomic E-state index is -0.0290. The highest BCUT2D eigenvalue weighted by molar-refractivity contribution is 7.09. The number of rotatable bonds is 6. The Hall–Kier alpha value is -2.33. The Balaban J connectivity index is 1.64. The molecule has 1 aromatic carbocycles. The zero-order valence-electron chi connectivity index (χ0n) is 12.1. The molecule has 2 aromatic heterocycles. The van der Waals surface area contributed by atoms with Gasteiger partial charge in [0.25, 0.3) is 5.91 Å². The van der Waals surface area contributed by atoms with Gasteiger partial charge in [0.2, 0.25) is 0 Å². The van der Waals surface area contributed by atoms with Crippen LogP contribution in [0, 0.1) is 0 Å². The summed E-state index contributed by atoms with van der Waals surface area (Å²) in [6, 6.07) is 15.7. The lowest BCUT2D eigenvalue weighted by Crippen LogP contribution is -2.26. The van der Waals surface area contributed by atoms with E-state index in [-0.39, 0.29) is 5.91 Å². The molecule has 2 heterocycles. The largest absolute Gasteiger partial charge is 0.469 e. The molecule has 3 nitrogen and oxygen atoms in total. The molecule has 4 heteroatoms. The molecule has 0 aliphatic heterocycles. The van der Waals surface area contributed by atoms with Crippen molar-refractivity contribution in [1.82, 2.24) is 5.32 Å². The molecule has 1 amide bonds. The summed E-state index contributed by atoms with van der Waals surface area (Å²) < 4.78 is 5.26. The topological polar surface area (TPSA) is 42.2 Å². The zero-order chi connectivity index (χ0) is 15.2. The van der Waals surface area contributed by atoms with Gasteiger partial charge < -0.3 is 9.73 Å². The summed E-state index contributed by atoms with van der Waals surface area (Å²) in [4.78, 5) is 13.6. The first-order valence-electron chi connectivity index (χ1n) is 7.24. The van der Waals surface area contributed by atoms with Crippen molar-refractivity contribution < 1.29 is 9.21 Å². The van der Waals surface area contributed by atoms with Crippen molar-refractivity contribution in [2.45, 2.75) is 12.8 Å². The summed E-state index contributed by atoms with van der Waals surface area (Å²) in [5.41, 5.74) is 1.80. The summed E-state index contributed by atoms with van der Waals surface area (Å²) in [5, 5.41) is 5.02. The first kappa shape index (κ1) is 14.6. The molecule has 0 aliphatic carbocycles. The molecule has 3 rings (SSSR count). The number of hydrogen-bond donors (Lipinski definition) is 1. The number of hydrogen-bond acceptors (Lipinski definition) is 3. The highest BCUT2D eigenvalue weighted by Crippen LogP contribution is 2.18. The molecule has 0 fully saturated rings. The van der Waals surface area contributed by atoms with Crippen molar-refractivity contribution in [2.75, 3.05) is 6.54 Å². The summed E-state index contributed by atoms with van der Waals surface area (Å²) >= 11 is 1.71. The summed E-state index contributed by atoms with van der Waals surface area (Å²) in [6.45, 7) is 0.569. The lowest BCUT2D eigenvalue weighted by atomic mass is 10.0. The van der Waals surface area contributed by atoms with Crippen LogP contribution in [0.5, 0.6) is 0 Å². The molecule has 0 saturated carbocycles. The van der Waals surface area contributed by atoms with Gasteiger partial charge in [-0.1, -0.05) is 24.3 Å². The van der Waals surface area contributed by atoms with Crippen molar-refractivity contribution in [1.29, 1.82) is 0 Å². The lowest BCUT2D eigenvalue weighted by molar-refractivity contribution is 0.0953. The fourth-order valence-corrected chi connectivity index (χ4v) is 3.07. The Morgan fingerprint density at radius 3 is 2.77 bits per heavy atom. The minimum absolute atomic E-state index is 0.0290. The summed E-state index contributed by atoms with van der Waals surface area (Å²) in [6.07, 6.45) is 3.14. The molecule has 0 bridgehead atoms. The predicted octanol–water partition coefficient (Wildman–Crippen LogP) is 3.90. The maximum atomic E-state index is 12.4. The van der Waals surface area contributed by atoms with Crippen LogP contribution in [0.4, 0.5) is 0 Å². The second-order valence-corrected chi connectivity index (χ2v) is 6.03. The van der Waals surface area contributed by atoms with Crippen molar-refractivity contribution in [3.8, 4) is 0 Å². The molecular formula is C18H17NO2S. The Morgan fingerprint density at radius 2 is 2.00 bits per heavy atom. The average Bonchev–Trinajstić information content (AvgIpc) is 3.21. The Labute approximate surface area is 133 Å². The Kier molecular flexibility index (Phi) is 4.71. The maximum absolute atomic E-state index is 12.4. The standard InChI is InChI=1S/C18H17NO2S/c20-18(19-10-9-15-6-3-11-21-15)17-8-2-1-5-14(17)13-16-7-4-12-22-16/h1-8,11-12H,9-10,13H2,(H,19,20). The van der Waals surface area contributed by atoms with Gasteiger partial charge in [-0.3, -0.25) is 4.79 Å². The van der Waals surface area contributed by atoms with Gasteiger partial charge in [0.05, 0.1) is 6.26 Å². The van der Waals surface area contributed by atoms with E-state index < -0.39 is 0 Å². The second kappa shape index (κ2) is 7.09. The molecule has 3 aromatic rings. The van der Waals surface area contributed by atoms with Crippen molar-refractivity contribution in [3.63, 3.8) is 0 Å². The van der Waals surface area contributed by atoms with Gasteiger partial charge in [-0.2, -0.15) is 0 Å². The lowest BCUT2D eigenvalue weighted by Gasteiger charge is -2.09. The number of nitrogens with one attached hydrogen (secondary N) is 1. The second-order valence-electron chi connectivity index (χ2n) is 5.00. The van der Waals surface area contributed by atoms with Crippen LogP contribution in [-0.2, 0) is 12.8 Å². The van der Waals surface area contributed by atoms with E-state index in [0.717, 1.165) is 23.3 Å². The third-order valence-electron chi connectivity index (χ3n) is 3.44. The molecule has 0 spiro atoms. The van der Waals surface area contributed by atoms with Gasteiger partial charge in [0.1, 0.15) is 5.76 Å². The van der Waals surface area contributed by atoms with Crippen LogP contribution in [0.2, 0.25) is 0 Å². The summed E-state index contributed by atoms with van der Waals surface area (Å²) in [7, 11) is 0. The molecule has 22 heavy (non-hydrogen) atoms. The van der Waals surface area contributed by atoms with Gasteiger partial charge in [-0.25, -0.2) is 0 Å². The van der Waals surface area contributed by atoms with E-state index in [1.807, 2.05) is 42.5 Å². The number of benzene rings is 1. The van der Waals surface area contributed by atoms with Crippen LogP contribution >= 0.6 is 11.3 Å². The van der Waals surface area contributed by atoms with Gasteiger partial charge in [0.15, 0.2) is 0 Å². The van der Waals surface area contributed by atoms with E-state index in [2.05, 4.69) is 16.8 Å². The highest BCUT2D eigenvalue weighted by Gasteiger charge is 2.11. The van der Waals surface area contributed by atoms with Crippen LogP contribution < -0.4 is 5.32 Å². The van der Waals surface area contributed by atoms with Gasteiger partial charge in [-0.15, -0.1) is 11.3 Å². The van der Waals surface area contributed by atoms with Crippen LogP contribution in [0.3, 0.4) is 0 Å². The Morgan fingerprint density at radius 1 is 1.09 bits per heavy atom. The van der Waals surface area contributed by atoms with E-state index in [0.29, 0.717) is 13.0 Å². The van der Waals surface area contributed by atoms with Gasteiger partial charge in [-0.05, 0) is 35.2 Å². The summed E-state index contributed by atoms with van der Waals surface area (Å²) in [5.74, 6) is 0.853. The quantitative estimate of drug-likeness (QED) is 0.750. The zero-order valence-corrected chi connectivity index (χ0v) is 12.9. The Bertz CT molecular complexity index is 717. The number of carbonyl (C=O) groups is 1. The normalized spacial score (nSPS) is 10.5. The number of amides is 1. The van der Waals surface area contributed by atoms with E-state index in [1.165, 1.54) is 4.88 Å². The number of thiophene rings is 1. The fraction of sp³-hybridized carbons (Fsp3) is 0.167. The third kappa shape index (κ3) is 3.65. The van der Waals surface area contributed by atoms with Crippen LogP contribution in [-0.4, -0.2) is 12.5 Å². The minimum Gasteiger partial charge on any atom is -0.469 e. The molecule has 0 aliphatic rings. The average molecular weight is 311 g/mol.